The first-order valence-corrected chi connectivity index (χ1v) is 8.10. The van der Waals surface area contributed by atoms with Crippen LogP contribution < -0.4 is 5.56 Å². The van der Waals surface area contributed by atoms with Gasteiger partial charge in [-0.05, 0) is 36.2 Å². The Balaban J connectivity index is 2.11. The number of hydrogen-bond donors (Lipinski definition) is 0. The van der Waals surface area contributed by atoms with Gasteiger partial charge in [-0.3, -0.25) is 9.36 Å². The molecule has 0 radical (unpaired) electrons. The molecule has 1 unspecified atom stereocenters. The van der Waals surface area contributed by atoms with Crippen LogP contribution in [0.5, 0.6) is 0 Å². The van der Waals surface area contributed by atoms with Crippen molar-refractivity contribution in [1.82, 2.24) is 9.55 Å². The van der Waals surface area contributed by atoms with Crippen molar-refractivity contribution in [3.8, 4) is 6.07 Å². The topological polar surface area (TPSA) is 58.7 Å². The van der Waals surface area contributed by atoms with E-state index in [0.717, 1.165) is 29.5 Å². The minimum Gasteiger partial charge on any atom is -0.285 e. The third kappa shape index (κ3) is 2.38. The molecular formula is C16H19N3OS. The lowest BCUT2D eigenvalue weighted by atomic mass is 9.72. The normalized spacial score (nSPS) is 18.5. The maximum Gasteiger partial charge on any atom is 0.263 e. The van der Waals surface area contributed by atoms with Crippen LogP contribution in [0.2, 0.25) is 0 Å². The van der Waals surface area contributed by atoms with Crippen LogP contribution in [0.1, 0.15) is 37.6 Å². The molecule has 0 aromatic carbocycles. The highest BCUT2D eigenvalue weighted by Gasteiger charge is 2.31. The van der Waals surface area contributed by atoms with Crippen molar-refractivity contribution in [3.05, 3.63) is 27.1 Å². The second-order valence-corrected chi connectivity index (χ2v) is 7.91. The Morgan fingerprint density at radius 3 is 2.95 bits per heavy atom. The zero-order valence-electron chi connectivity index (χ0n) is 12.6. The van der Waals surface area contributed by atoms with Crippen molar-refractivity contribution in [1.29, 1.82) is 5.26 Å². The molecule has 5 heteroatoms. The fourth-order valence-electron chi connectivity index (χ4n) is 3.13. The van der Waals surface area contributed by atoms with Crippen molar-refractivity contribution in [2.45, 2.75) is 46.6 Å². The molecule has 2 aromatic heterocycles. The Hall–Kier alpha value is -1.67. The predicted molar refractivity (Wildman–Crippen MR) is 84.5 cm³/mol. The summed E-state index contributed by atoms with van der Waals surface area (Å²) in [7, 11) is 0. The molecule has 21 heavy (non-hydrogen) atoms. The summed E-state index contributed by atoms with van der Waals surface area (Å²) < 4.78 is 1.41. The number of nitriles is 1. The van der Waals surface area contributed by atoms with Gasteiger partial charge in [0.05, 0.1) is 11.5 Å². The summed E-state index contributed by atoms with van der Waals surface area (Å²) in [6, 6.07) is 2.02. The Morgan fingerprint density at radius 1 is 1.52 bits per heavy atom. The van der Waals surface area contributed by atoms with Crippen molar-refractivity contribution in [3.63, 3.8) is 0 Å². The molecule has 0 N–H and O–H groups in total. The number of rotatable bonds is 1. The zero-order valence-corrected chi connectivity index (χ0v) is 13.5. The molecule has 0 bridgehead atoms. The average molecular weight is 301 g/mol. The minimum atomic E-state index is -0.0618. The van der Waals surface area contributed by atoms with E-state index in [0.29, 0.717) is 11.3 Å². The first kappa shape index (κ1) is 14.3. The Morgan fingerprint density at radius 2 is 2.29 bits per heavy atom. The molecule has 3 rings (SSSR count). The van der Waals surface area contributed by atoms with Gasteiger partial charge >= 0.3 is 0 Å². The Labute approximate surface area is 128 Å². The van der Waals surface area contributed by atoms with E-state index in [1.165, 1.54) is 21.3 Å². The fourth-order valence-corrected chi connectivity index (χ4v) is 4.39. The number of aromatic nitrogens is 2. The Bertz CT molecular complexity index is 789. The van der Waals surface area contributed by atoms with Gasteiger partial charge < -0.3 is 0 Å². The summed E-state index contributed by atoms with van der Waals surface area (Å²) in [6.45, 7) is 6.92. The molecule has 0 saturated heterocycles. The minimum absolute atomic E-state index is 0.0618. The van der Waals surface area contributed by atoms with Gasteiger partial charge in [-0.2, -0.15) is 5.26 Å². The lowest BCUT2D eigenvalue weighted by Crippen LogP contribution is -2.27. The van der Waals surface area contributed by atoms with Gasteiger partial charge in [0.15, 0.2) is 0 Å². The van der Waals surface area contributed by atoms with Crippen molar-refractivity contribution < 1.29 is 0 Å². The van der Waals surface area contributed by atoms with Crippen LogP contribution in [0.25, 0.3) is 10.2 Å². The maximum atomic E-state index is 12.5. The zero-order chi connectivity index (χ0) is 15.2. The molecule has 1 atom stereocenters. The molecule has 1 aliphatic rings. The van der Waals surface area contributed by atoms with Crippen LogP contribution in [-0.4, -0.2) is 9.55 Å². The third-order valence-corrected chi connectivity index (χ3v) is 5.66. The van der Waals surface area contributed by atoms with E-state index in [9.17, 15) is 4.79 Å². The van der Waals surface area contributed by atoms with Gasteiger partial charge in [-0.15, -0.1) is 11.3 Å². The van der Waals surface area contributed by atoms with Crippen LogP contribution in [0, 0.1) is 22.7 Å². The monoisotopic (exact) mass is 301 g/mol. The van der Waals surface area contributed by atoms with Crippen LogP contribution >= 0.6 is 11.3 Å². The number of aryl methyl sites for hydroxylation is 1. The second kappa shape index (κ2) is 4.96. The summed E-state index contributed by atoms with van der Waals surface area (Å²) >= 11 is 1.65. The van der Waals surface area contributed by atoms with E-state index in [2.05, 4.69) is 25.8 Å². The molecule has 4 nitrogen and oxygen atoms in total. The number of thiophene rings is 1. The standard InChI is InChI=1S/C16H19N3OS/c1-16(2,3)10-4-5-11-12(8-10)21-14-13(11)15(20)19(7-6-17)9-18-14/h9-10H,4-5,7-8H2,1-3H3. The second-order valence-electron chi connectivity index (χ2n) is 6.83. The number of nitrogens with zero attached hydrogens (tertiary/aromatic N) is 3. The lowest BCUT2D eigenvalue weighted by Gasteiger charge is -2.33. The van der Waals surface area contributed by atoms with Crippen LogP contribution in [0.4, 0.5) is 0 Å². The SMILES string of the molecule is CC(C)(C)C1CCc2c(sc3ncn(CC#N)c(=O)c23)C1. The largest absolute Gasteiger partial charge is 0.285 e. The van der Waals surface area contributed by atoms with Gasteiger partial charge in [0.1, 0.15) is 17.7 Å². The van der Waals surface area contributed by atoms with Gasteiger partial charge in [0.25, 0.3) is 5.56 Å². The highest BCUT2D eigenvalue weighted by molar-refractivity contribution is 7.18. The first-order valence-electron chi connectivity index (χ1n) is 7.28. The average Bonchev–Trinajstić information content (AvgIpc) is 2.79. The maximum absolute atomic E-state index is 12.5. The van der Waals surface area contributed by atoms with Gasteiger partial charge in [0.2, 0.25) is 0 Å². The summed E-state index contributed by atoms with van der Waals surface area (Å²) in [4.78, 5) is 19.0. The first-order chi connectivity index (χ1) is 9.91. The quantitative estimate of drug-likeness (QED) is 0.813. The molecule has 2 heterocycles. The van der Waals surface area contributed by atoms with Crippen LogP contribution in [-0.2, 0) is 19.4 Å². The molecule has 0 aliphatic heterocycles. The van der Waals surface area contributed by atoms with E-state index in [-0.39, 0.29) is 12.1 Å². The van der Waals surface area contributed by atoms with Gasteiger partial charge in [0, 0.05) is 4.88 Å². The van der Waals surface area contributed by atoms with Crippen LogP contribution in [0.15, 0.2) is 11.1 Å². The molecule has 0 spiro atoms. The molecule has 0 amide bonds. The van der Waals surface area contributed by atoms with E-state index in [1.54, 1.807) is 11.3 Å². The molecule has 1 aliphatic carbocycles. The molecule has 0 fully saturated rings. The summed E-state index contributed by atoms with van der Waals surface area (Å²) in [6.07, 6.45) is 4.61. The summed E-state index contributed by atoms with van der Waals surface area (Å²) in [5.41, 5.74) is 1.41. The van der Waals surface area contributed by atoms with Crippen LogP contribution in [0.3, 0.4) is 0 Å². The fraction of sp³-hybridized carbons (Fsp3) is 0.562. The molecular weight excluding hydrogens is 282 g/mol. The van der Waals surface area contributed by atoms with Crippen molar-refractivity contribution in [2.24, 2.45) is 11.3 Å². The van der Waals surface area contributed by atoms with Gasteiger partial charge in [-0.25, -0.2) is 4.98 Å². The summed E-state index contributed by atoms with van der Waals surface area (Å²) in [5, 5.41) is 9.54. The Kier molecular flexibility index (Phi) is 3.37. The van der Waals surface area contributed by atoms with E-state index >= 15 is 0 Å². The molecule has 110 valence electrons. The van der Waals surface area contributed by atoms with Crippen molar-refractivity contribution >= 4 is 21.6 Å². The number of fused-ring (bicyclic) bond motifs is 3. The van der Waals surface area contributed by atoms with E-state index in [4.69, 9.17) is 5.26 Å². The number of hydrogen-bond acceptors (Lipinski definition) is 4. The van der Waals surface area contributed by atoms with Crippen molar-refractivity contribution in [2.75, 3.05) is 0 Å². The third-order valence-electron chi connectivity index (χ3n) is 4.50. The lowest BCUT2D eigenvalue weighted by molar-refractivity contribution is 0.218. The summed E-state index contributed by atoms with van der Waals surface area (Å²) in [5.74, 6) is 0.652. The molecule has 2 aromatic rings. The van der Waals surface area contributed by atoms with E-state index in [1.807, 2.05) is 6.07 Å². The molecule has 0 saturated carbocycles. The smallest absolute Gasteiger partial charge is 0.263 e. The predicted octanol–water partition coefficient (Wildman–Crippen LogP) is 3.13. The van der Waals surface area contributed by atoms with Gasteiger partial charge in [-0.1, -0.05) is 20.8 Å². The van der Waals surface area contributed by atoms with E-state index < -0.39 is 0 Å². The highest BCUT2D eigenvalue weighted by Crippen LogP contribution is 2.41. The highest BCUT2D eigenvalue weighted by atomic mass is 32.1.